The first-order valence-corrected chi connectivity index (χ1v) is 8.87. The molecule has 1 heterocycles. The number of aromatic nitrogens is 2. The van der Waals surface area contributed by atoms with Crippen LogP contribution in [0.3, 0.4) is 0 Å². The SMILES string of the molecule is CNC(=O)NC(=O)[C@H](C)OC(=O)/C=C/c1c(C)nn(Cc2ccccc2)c1Cl. The molecule has 0 aliphatic carbocycles. The van der Waals surface area contributed by atoms with Crippen molar-refractivity contribution >= 4 is 35.6 Å². The minimum Gasteiger partial charge on any atom is -0.449 e. The van der Waals surface area contributed by atoms with Crippen LogP contribution in [-0.2, 0) is 20.9 Å². The molecule has 1 atom stereocenters. The van der Waals surface area contributed by atoms with Crippen LogP contribution in [0.2, 0.25) is 5.15 Å². The lowest BCUT2D eigenvalue weighted by Crippen LogP contribution is -2.43. The standard InChI is InChI=1S/C19H21ClN4O4/c1-12-15(17(20)24(23-12)11-14-7-5-4-6-8-14)9-10-16(25)28-13(2)18(26)22-19(27)21-3/h4-10,13H,11H2,1-3H3,(H2,21,22,26,27)/b10-9+/t13-/m0/s1. The highest BCUT2D eigenvalue weighted by Crippen LogP contribution is 2.22. The first-order valence-electron chi connectivity index (χ1n) is 8.50. The molecular formula is C19H21ClN4O4. The fourth-order valence-electron chi connectivity index (χ4n) is 2.31. The lowest BCUT2D eigenvalue weighted by atomic mass is 10.2. The van der Waals surface area contributed by atoms with Gasteiger partial charge in [-0.15, -0.1) is 0 Å². The van der Waals surface area contributed by atoms with Gasteiger partial charge >= 0.3 is 12.0 Å². The number of urea groups is 1. The molecule has 0 saturated carbocycles. The van der Waals surface area contributed by atoms with Crippen molar-refractivity contribution in [2.24, 2.45) is 0 Å². The van der Waals surface area contributed by atoms with Crippen molar-refractivity contribution < 1.29 is 19.1 Å². The predicted molar refractivity (Wildman–Crippen MR) is 105 cm³/mol. The molecule has 2 N–H and O–H groups in total. The average molecular weight is 405 g/mol. The van der Waals surface area contributed by atoms with E-state index in [0.29, 0.717) is 23.0 Å². The van der Waals surface area contributed by atoms with E-state index in [1.54, 1.807) is 11.6 Å². The zero-order valence-corrected chi connectivity index (χ0v) is 16.5. The van der Waals surface area contributed by atoms with Gasteiger partial charge in [-0.25, -0.2) is 14.3 Å². The summed E-state index contributed by atoms with van der Waals surface area (Å²) in [6, 6.07) is 9.03. The fraction of sp³-hybridized carbons (Fsp3) is 0.263. The van der Waals surface area contributed by atoms with Gasteiger partial charge in [0.2, 0.25) is 0 Å². The van der Waals surface area contributed by atoms with E-state index in [-0.39, 0.29) is 0 Å². The summed E-state index contributed by atoms with van der Waals surface area (Å²) in [6.45, 7) is 3.63. The van der Waals surface area contributed by atoms with Crippen LogP contribution < -0.4 is 10.6 Å². The number of halogens is 1. The first kappa shape index (κ1) is 21.2. The van der Waals surface area contributed by atoms with Crippen LogP contribution in [0.5, 0.6) is 0 Å². The van der Waals surface area contributed by atoms with Gasteiger partial charge in [-0.3, -0.25) is 10.1 Å². The second-order valence-corrected chi connectivity index (χ2v) is 6.27. The molecule has 1 aromatic carbocycles. The molecule has 1 aromatic heterocycles. The van der Waals surface area contributed by atoms with E-state index in [1.807, 2.05) is 35.6 Å². The Bertz CT molecular complexity index is 893. The summed E-state index contributed by atoms with van der Waals surface area (Å²) in [7, 11) is 1.37. The van der Waals surface area contributed by atoms with E-state index >= 15 is 0 Å². The van der Waals surface area contributed by atoms with E-state index < -0.39 is 24.0 Å². The molecule has 2 aromatic rings. The lowest BCUT2D eigenvalue weighted by Gasteiger charge is -2.11. The van der Waals surface area contributed by atoms with Gasteiger partial charge in [0.15, 0.2) is 6.10 Å². The van der Waals surface area contributed by atoms with E-state index in [4.69, 9.17) is 16.3 Å². The van der Waals surface area contributed by atoms with Crippen molar-refractivity contribution in [3.8, 4) is 0 Å². The largest absolute Gasteiger partial charge is 0.449 e. The van der Waals surface area contributed by atoms with Crippen LogP contribution >= 0.6 is 11.6 Å². The number of ether oxygens (including phenoxy) is 1. The normalized spacial score (nSPS) is 11.9. The molecule has 0 unspecified atom stereocenters. The van der Waals surface area contributed by atoms with Gasteiger partial charge in [-0.2, -0.15) is 5.10 Å². The molecule has 28 heavy (non-hydrogen) atoms. The van der Waals surface area contributed by atoms with Gasteiger partial charge in [0.05, 0.1) is 12.2 Å². The molecule has 0 spiro atoms. The Morgan fingerprint density at radius 3 is 2.61 bits per heavy atom. The van der Waals surface area contributed by atoms with Gasteiger partial charge < -0.3 is 10.1 Å². The molecule has 2 rings (SSSR count). The predicted octanol–water partition coefficient (Wildman–Crippen LogP) is 2.29. The summed E-state index contributed by atoms with van der Waals surface area (Å²) in [5.74, 6) is -1.48. The number of esters is 1. The third-order valence-electron chi connectivity index (χ3n) is 3.80. The Morgan fingerprint density at radius 2 is 1.96 bits per heavy atom. The van der Waals surface area contributed by atoms with Crippen molar-refractivity contribution in [1.29, 1.82) is 0 Å². The van der Waals surface area contributed by atoms with E-state index in [9.17, 15) is 14.4 Å². The number of carbonyl (C=O) groups excluding carboxylic acids is 3. The monoisotopic (exact) mass is 404 g/mol. The molecule has 0 radical (unpaired) electrons. The van der Waals surface area contributed by atoms with Gasteiger partial charge in [0.1, 0.15) is 5.15 Å². The number of aryl methyl sites for hydroxylation is 1. The number of carbonyl (C=O) groups is 3. The lowest BCUT2D eigenvalue weighted by molar-refractivity contribution is -0.149. The number of hydrogen-bond donors (Lipinski definition) is 2. The minimum absolute atomic E-state index is 0.385. The molecule has 0 aliphatic heterocycles. The van der Waals surface area contributed by atoms with Crippen LogP contribution in [0.1, 0.15) is 23.7 Å². The third-order valence-corrected chi connectivity index (χ3v) is 4.20. The highest BCUT2D eigenvalue weighted by molar-refractivity contribution is 6.31. The first-order chi connectivity index (χ1) is 13.3. The Hall–Kier alpha value is -3.13. The third kappa shape index (κ3) is 5.68. The van der Waals surface area contributed by atoms with Crippen molar-refractivity contribution in [2.75, 3.05) is 7.05 Å². The number of amides is 3. The molecule has 3 amide bonds. The van der Waals surface area contributed by atoms with Crippen LogP contribution in [0.4, 0.5) is 4.79 Å². The van der Waals surface area contributed by atoms with E-state index in [1.165, 1.54) is 20.0 Å². The van der Waals surface area contributed by atoms with Crippen LogP contribution in [0, 0.1) is 6.92 Å². The number of nitrogens with zero attached hydrogens (tertiary/aromatic N) is 2. The minimum atomic E-state index is -1.13. The Balaban J connectivity index is 2.02. The quantitative estimate of drug-likeness (QED) is 0.568. The maximum atomic E-state index is 11.9. The average Bonchev–Trinajstić information content (AvgIpc) is 2.93. The Labute approximate surface area is 167 Å². The zero-order valence-electron chi connectivity index (χ0n) is 15.7. The van der Waals surface area contributed by atoms with Gasteiger partial charge in [0, 0.05) is 18.7 Å². The zero-order chi connectivity index (χ0) is 20.7. The fourth-order valence-corrected chi connectivity index (χ4v) is 2.61. The van der Waals surface area contributed by atoms with Crippen LogP contribution in [-0.4, -0.2) is 40.8 Å². The van der Waals surface area contributed by atoms with E-state index in [0.717, 1.165) is 11.6 Å². The summed E-state index contributed by atoms with van der Waals surface area (Å²) in [5.41, 5.74) is 2.27. The molecule has 8 nitrogen and oxygen atoms in total. The second kappa shape index (κ2) is 9.70. The second-order valence-electron chi connectivity index (χ2n) is 5.91. The maximum absolute atomic E-state index is 11.9. The summed E-state index contributed by atoms with van der Waals surface area (Å²) in [5, 5.41) is 9.03. The van der Waals surface area contributed by atoms with Crippen LogP contribution in [0.15, 0.2) is 36.4 Å². The smallest absolute Gasteiger partial charge is 0.331 e. The van der Waals surface area contributed by atoms with Crippen molar-refractivity contribution in [2.45, 2.75) is 26.5 Å². The Morgan fingerprint density at radius 1 is 1.29 bits per heavy atom. The summed E-state index contributed by atoms with van der Waals surface area (Å²) >= 11 is 6.38. The highest BCUT2D eigenvalue weighted by atomic mass is 35.5. The van der Waals surface area contributed by atoms with Gasteiger partial charge in [-0.05, 0) is 25.5 Å². The topological polar surface area (TPSA) is 102 Å². The van der Waals surface area contributed by atoms with Crippen molar-refractivity contribution in [3.63, 3.8) is 0 Å². The molecule has 9 heteroatoms. The number of rotatable bonds is 6. The van der Waals surface area contributed by atoms with Gasteiger partial charge in [0.25, 0.3) is 5.91 Å². The molecule has 0 saturated heterocycles. The van der Waals surface area contributed by atoms with Crippen molar-refractivity contribution in [1.82, 2.24) is 20.4 Å². The number of nitrogens with one attached hydrogen (secondary N) is 2. The summed E-state index contributed by atoms with van der Waals surface area (Å²) < 4.78 is 6.61. The molecule has 0 fully saturated rings. The van der Waals surface area contributed by atoms with E-state index in [2.05, 4.69) is 10.4 Å². The Kier molecular flexibility index (Phi) is 7.34. The molecular weight excluding hydrogens is 384 g/mol. The van der Waals surface area contributed by atoms with Crippen molar-refractivity contribution in [3.05, 3.63) is 58.4 Å². The molecule has 148 valence electrons. The van der Waals surface area contributed by atoms with Gasteiger partial charge in [-0.1, -0.05) is 41.9 Å². The molecule has 0 aliphatic rings. The number of hydrogen-bond acceptors (Lipinski definition) is 5. The summed E-state index contributed by atoms with van der Waals surface area (Å²) in [4.78, 5) is 34.8. The molecule has 0 bridgehead atoms. The number of benzene rings is 1. The maximum Gasteiger partial charge on any atom is 0.331 e. The summed E-state index contributed by atoms with van der Waals surface area (Å²) in [6.07, 6.45) is 1.51. The highest BCUT2D eigenvalue weighted by Gasteiger charge is 2.19. The van der Waals surface area contributed by atoms with Crippen LogP contribution in [0.25, 0.3) is 6.08 Å². The number of imide groups is 1.